The van der Waals surface area contributed by atoms with E-state index in [1.807, 2.05) is 37.3 Å². The molecule has 0 saturated carbocycles. The zero-order valence-electron chi connectivity index (χ0n) is 10.9. The van der Waals surface area contributed by atoms with E-state index < -0.39 is 13.6 Å². The minimum atomic E-state index is -3.78. The van der Waals surface area contributed by atoms with Gasteiger partial charge in [-0.05, 0) is 17.9 Å². The normalized spacial score (nSPS) is 15.7. The van der Waals surface area contributed by atoms with Gasteiger partial charge in [-0.25, -0.2) is 0 Å². The van der Waals surface area contributed by atoms with Crippen molar-refractivity contribution in [3.05, 3.63) is 35.9 Å². The number of aliphatic carboxylic acids is 1. The van der Waals surface area contributed by atoms with Crippen molar-refractivity contribution >= 4 is 13.6 Å². The Morgan fingerprint density at radius 2 is 2.00 bits per heavy atom. The molecule has 0 aliphatic carbocycles. The molecule has 0 bridgehead atoms. The van der Waals surface area contributed by atoms with E-state index in [2.05, 4.69) is 0 Å². The summed E-state index contributed by atoms with van der Waals surface area (Å²) in [6.45, 7) is 2.15. The standard InChI is InChI=1S/C13H19O5P/c1-11(12-5-3-2-4-6-12)7-9-18-19(16,17)10-8-13(14)15/h2-6,11H,7-10H2,1H3,(H,14,15)(H,16,17). The molecule has 0 saturated heterocycles. The van der Waals surface area contributed by atoms with Crippen molar-refractivity contribution in [1.82, 2.24) is 0 Å². The number of hydrogen-bond donors (Lipinski definition) is 2. The van der Waals surface area contributed by atoms with Crippen molar-refractivity contribution < 1.29 is 23.9 Å². The van der Waals surface area contributed by atoms with Gasteiger partial charge in [0.1, 0.15) is 0 Å². The molecule has 1 aromatic rings. The van der Waals surface area contributed by atoms with Crippen molar-refractivity contribution in [3.63, 3.8) is 0 Å². The summed E-state index contributed by atoms with van der Waals surface area (Å²) < 4.78 is 16.4. The molecule has 0 aliphatic heterocycles. The van der Waals surface area contributed by atoms with Crippen LogP contribution in [0.5, 0.6) is 0 Å². The fraction of sp³-hybridized carbons (Fsp3) is 0.462. The van der Waals surface area contributed by atoms with Gasteiger partial charge in [0.05, 0.1) is 19.2 Å². The summed E-state index contributed by atoms with van der Waals surface area (Å²) in [6.07, 6.45) is -0.0916. The second kappa shape index (κ2) is 7.43. The zero-order valence-corrected chi connectivity index (χ0v) is 11.8. The monoisotopic (exact) mass is 286 g/mol. The van der Waals surface area contributed by atoms with Crippen LogP contribution in [0.4, 0.5) is 0 Å². The highest BCUT2D eigenvalue weighted by Gasteiger charge is 2.21. The average Bonchev–Trinajstić information content (AvgIpc) is 2.37. The highest BCUT2D eigenvalue weighted by Crippen LogP contribution is 2.42. The summed E-state index contributed by atoms with van der Waals surface area (Å²) in [4.78, 5) is 19.7. The summed E-state index contributed by atoms with van der Waals surface area (Å²) in [5, 5.41) is 8.45. The van der Waals surface area contributed by atoms with Crippen molar-refractivity contribution in [2.75, 3.05) is 12.8 Å². The van der Waals surface area contributed by atoms with E-state index in [4.69, 9.17) is 9.63 Å². The van der Waals surface area contributed by atoms with Crippen LogP contribution in [0.3, 0.4) is 0 Å². The largest absolute Gasteiger partial charge is 0.481 e. The van der Waals surface area contributed by atoms with Gasteiger partial charge >= 0.3 is 13.6 Å². The van der Waals surface area contributed by atoms with E-state index in [9.17, 15) is 14.3 Å². The van der Waals surface area contributed by atoms with E-state index in [0.29, 0.717) is 6.42 Å². The number of carboxylic acid groups (broad SMARTS) is 1. The molecule has 0 aromatic heterocycles. The number of hydrogen-bond acceptors (Lipinski definition) is 3. The van der Waals surface area contributed by atoms with Gasteiger partial charge in [-0.1, -0.05) is 37.3 Å². The Bertz CT molecular complexity index is 446. The van der Waals surface area contributed by atoms with Gasteiger partial charge in [-0.15, -0.1) is 0 Å². The molecule has 0 heterocycles. The van der Waals surface area contributed by atoms with E-state index in [1.165, 1.54) is 0 Å². The molecule has 0 amide bonds. The molecule has 0 radical (unpaired) electrons. The van der Waals surface area contributed by atoms with Gasteiger partial charge in [0, 0.05) is 0 Å². The average molecular weight is 286 g/mol. The van der Waals surface area contributed by atoms with Gasteiger partial charge in [0.25, 0.3) is 0 Å². The predicted molar refractivity (Wildman–Crippen MR) is 72.4 cm³/mol. The summed E-state index contributed by atoms with van der Waals surface area (Å²) in [5.41, 5.74) is 1.14. The lowest BCUT2D eigenvalue weighted by Gasteiger charge is -2.14. The Hall–Kier alpha value is -1.16. The first kappa shape index (κ1) is 15.9. The Morgan fingerprint density at radius 1 is 1.37 bits per heavy atom. The summed E-state index contributed by atoms with van der Waals surface area (Å²) in [5.74, 6) is -0.879. The number of carbonyl (C=O) groups is 1. The highest BCUT2D eigenvalue weighted by molar-refractivity contribution is 7.52. The summed E-state index contributed by atoms with van der Waals surface area (Å²) >= 11 is 0. The van der Waals surface area contributed by atoms with Crippen molar-refractivity contribution in [2.24, 2.45) is 0 Å². The topological polar surface area (TPSA) is 83.8 Å². The van der Waals surface area contributed by atoms with Crippen LogP contribution in [0, 0.1) is 0 Å². The molecule has 0 spiro atoms. The number of rotatable bonds is 8. The molecular formula is C13H19O5P. The van der Waals surface area contributed by atoms with Gasteiger partial charge in [-0.2, -0.15) is 0 Å². The molecule has 6 heteroatoms. The Kier molecular flexibility index (Phi) is 6.22. The van der Waals surface area contributed by atoms with Crippen LogP contribution in [-0.4, -0.2) is 28.7 Å². The maximum atomic E-state index is 11.5. The Morgan fingerprint density at radius 3 is 2.58 bits per heavy atom. The minimum Gasteiger partial charge on any atom is -0.481 e. The molecule has 19 heavy (non-hydrogen) atoms. The van der Waals surface area contributed by atoms with Crippen LogP contribution < -0.4 is 0 Å². The minimum absolute atomic E-state index is 0.142. The van der Waals surface area contributed by atoms with Crippen LogP contribution in [0.25, 0.3) is 0 Å². The smallest absolute Gasteiger partial charge is 0.328 e. The van der Waals surface area contributed by atoms with Crippen LogP contribution >= 0.6 is 7.60 Å². The van der Waals surface area contributed by atoms with Crippen molar-refractivity contribution in [3.8, 4) is 0 Å². The fourth-order valence-electron chi connectivity index (χ4n) is 1.62. The molecule has 1 rings (SSSR count). The summed E-state index contributed by atoms with van der Waals surface area (Å²) in [6, 6.07) is 9.80. The van der Waals surface area contributed by atoms with Crippen molar-refractivity contribution in [2.45, 2.75) is 25.7 Å². The molecular weight excluding hydrogens is 267 g/mol. The lowest BCUT2D eigenvalue weighted by Crippen LogP contribution is -2.04. The maximum absolute atomic E-state index is 11.5. The van der Waals surface area contributed by atoms with Crippen molar-refractivity contribution in [1.29, 1.82) is 0 Å². The quantitative estimate of drug-likeness (QED) is 0.718. The maximum Gasteiger partial charge on any atom is 0.328 e. The molecule has 2 atom stereocenters. The van der Waals surface area contributed by atoms with E-state index in [1.54, 1.807) is 0 Å². The van der Waals surface area contributed by atoms with Crippen LogP contribution in [0.1, 0.15) is 31.2 Å². The summed E-state index contributed by atoms with van der Waals surface area (Å²) in [7, 11) is -3.78. The van der Waals surface area contributed by atoms with Crippen LogP contribution in [0.2, 0.25) is 0 Å². The Labute approximate surface area is 112 Å². The molecule has 5 nitrogen and oxygen atoms in total. The first-order chi connectivity index (χ1) is 8.91. The van der Waals surface area contributed by atoms with Gasteiger partial charge in [0.2, 0.25) is 0 Å². The lowest BCUT2D eigenvalue weighted by molar-refractivity contribution is -0.136. The molecule has 1 aromatic carbocycles. The Balaban J connectivity index is 2.33. The molecule has 2 unspecified atom stereocenters. The van der Waals surface area contributed by atoms with E-state index >= 15 is 0 Å². The number of benzene rings is 1. The second-order valence-electron chi connectivity index (χ2n) is 4.44. The zero-order chi connectivity index (χ0) is 14.3. The highest BCUT2D eigenvalue weighted by atomic mass is 31.2. The van der Waals surface area contributed by atoms with Gasteiger partial charge < -0.3 is 14.5 Å². The van der Waals surface area contributed by atoms with Gasteiger partial charge in [-0.3, -0.25) is 9.36 Å². The molecule has 0 aliphatic rings. The van der Waals surface area contributed by atoms with E-state index in [0.717, 1.165) is 5.56 Å². The first-order valence-corrected chi connectivity index (χ1v) is 7.90. The SMILES string of the molecule is CC(CCOP(=O)(O)CCC(=O)O)c1ccccc1. The third-order valence-electron chi connectivity index (χ3n) is 2.82. The lowest BCUT2D eigenvalue weighted by atomic mass is 9.99. The molecule has 2 N–H and O–H groups in total. The molecule has 0 fully saturated rings. The molecule has 106 valence electrons. The first-order valence-electron chi connectivity index (χ1n) is 6.14. The predicted octanol–water partition coefficient (Wildman–Crippen LogP) is 2.86. The van der Waals surface area contributed by atoms with Crippen LogP contribution in [-0.2, 0) is 13.9 Å². The second-order valence-corrected chi connectivity index (χ2v) is 6.42. The third-order valence-corrected chi connectivity index (χ3v) is 4.20. The third kappa shape index (κ3) is 6.53. The van der Waals surface area contributed by atoms with Gasteiger partial charge in [0.15, 0.2) is 0 Å². The van der Waals surface area contributed by atoms with Crippen LogP contribution in [0.15, 0.2) is 30.3 Å². The number of carboxylic acids is 1. The van der Waals surface area contributed by atoms with E-state index in [-0.39, 0.29) is 25.1 Å². The fourth-order valence-corrected chi connectivity index (χ4v) is 2.62.